The molecule has 0 heterocycles. The molecule has 2 aromatic rings. The van der Waals surface area contributed by atoms with Crippen LogP contribution < -0.4 is 5.32 Å². The summed E-state index contributed by atoms with van der Waals surface area (Å²) in [6, 6.07) is 15.7. The van der Waals surface area contributed by atoms with E-state index in [-0.39, 0.29) is 0 Å². The van der Waals surface area contributed by atoms with Crippen LogP contribution in [-0.4, -0.2) is 7.05 Å². The highest BCUT2D eigenvalue weighted by molar-refractivity contribution is 5.72. The Kier molecular flexibility index (Phi) is 5.19. The zero-order valence-electron chi connectivity index (χ0n) is 13.9. The summed E-state index contributed by atoms with van der Waals surface area (Å²) in [5.74, 6) is 1.10. The molecule has 1 N–H and O–H groups in total. The Bertz CT molecular complexity index is 597. The molecule has 21 heavy (non-hydrogen) atoms. The van der Waals surface area contributed by atoms with E-state index in [0.717, 1.165) is 6.54 Å². The van der Waals surface area contributed by atoms with E-state index < -0.39 is 0 Å². The summed E-state index contributed by atoms with van der Waals surface area (Å²) in [7, 11) is 2.00. The fourth-order valence-electron chi connectivity index (χ4n) is 2.79. The first-order valence-electron chi connectivity index (χ1n) is 7.91. The van der Waals surface area contributed by atoms with Crippen molar-refractivity contribution in [2.24, 2.45) is 0 Å². The van der Waals surface area contributed by atoms with Crippen LogP contribution in [-0.2, 0) is 6.54 Å². The van der Waals surface area contributed by atoms with Gasteiger partial charge in [-0.05, 0) is 46.7 Å². The van der Waals surface area contributed by atoms with Gasteiger partial charge in [0.1, 0.15) is 0 Å². The minimum absolute atomic E-state index is 0.529. The maximum absolute atomic E-state index is 3.27. The second kappa shape index (κ2) is 6.91. The van der Waals surface area contributed by atoms with Gasteiger partial charge in [-0.2, -0.15) is 0 Å². The Morgan fingerprint density at radius 3 is 2.19 bits per heavy atom. The zero-order valence-corrected chi connectivity index (χ0v) is 13.9. The fraction of sp³-hybridized carbons (Fsp3) is 0.400. The molecule has 112 valence electrons. The van der Waals surface area contributed by atoms with Gasteiger partial charge in [0.15, 0.2) is 0 Å². The van der Waals surface area contributed by atoms with Crippen molar-refractivity contribution in [1.82, 2.24) is 5.32 Å². The van der Waals surface area contributed by atoms with Crippen molar-refractivity contribution in [3.05, 3.63) is 59.2 Å². The van der Waals surface area contributed by atoms with Crippen molar-refractivity contribution < 1.29 is 0 Å². The van der Waals surface area contributed by atoms with Gasteiger partial charge in [0, 0.05) is 6.54 Å². The third-order valence-corrected chi connectivity index (χ3v) is 4.04. The highest BCUT2D eigenvalue weighted by Crippen LogP contribution is 2.33. The lowest BCUT2D eigenvalue weighted by atomic mass is 9.87. The molecule has 0 radical (unpaired) electrons. The van der Waals surface area contributed by atoms with Crippen LogP contribution in [0, 0.1) is 0 Å². The quantitative estimate of drug-likeness (QED) is 0.782. The molecule has 0 aliphatic heterocycles. The van der Waals surface area contributed by atoms with E-state index >= 15 is 0 Å². The summed E-state index contributed by atoms with van der Waals surface area (Å²) in [5, 5.41) is 3.27. The summed E-state index contributed by atoms with van der Waals surface area (Å²) in [5.41, 5.74) is 6.96. The molecule has 2 aromatic carbocycles. The lowest BCUT2D eigenvalue weighted by Gasteiger charge is -2.18. The molecule has 0 amide bonds. The normalized spacial score (nSPS) is 11.4. The lowest BCUT2D eigenvalue weighted by molar-refractivity contribution is 0.816. The lowest BCUT2D eigenvalue weighted by Crippen LogP contribution is -2.07. The van der Waals surface area contributed by atoms with Gasteiger partial charge in [-0.25, -0.2) is 0 Å². The molecule has 0 atom stereocenters. The molecule has 0 saturated carbocycles. The fourth-order valence-corrected chi connectivity index (χ4v) is 2.79. The molecule has 0 unspecified atom stereocenters. The molecule has 0 aromatic heterocycles. The molecular weight excluding hydrogens is 254 g/mol. The van der Waals surface area contributed by atoms with Crippen LogP contribution in [0.15, 0.2) is 42.5 Å². The molecule has 0 aliphatic carbocycles. The average molecular weight is 281 g/mol. The number of benzene rings is 2. The Morgan fingerprint density at radius 1 is 0.857 bits per heavy atom. The highest BCUT2D eigenvalue weighted by Gasteiger charge is 2.13. The first-order valence-corrected chi connectivity index (χ1v) is 7.91. The van der Waals surface area contributed by atoms with E-state index in [1.54, 1.807) is 0 Å². The molecular formula is C20H27N. The summed E-state index contributed by atoms with van der Waals surface area (Å²) in [6.07, 6.45) is 0. The molecule has 0 fully saturated rings. The minimum atomic E-state index is 0.529. The van der Waals surface area contributed by atoms with Crippen LogP contribution in [0.25, 0.3) is 11.1 Å². The van der Waals surface area contributed by atoms with E-state index in [1.165, 1.54) is 27.8 Å². The number of nitrogens with one attached hydrogen (secondary N) is 1. The van der Waals surface area contributed by atoms with Gasteiger partial charge < -0.3 is 5.32 Å². The largest absolute Gasteiger partial charge is 0.316 e. The number of hydrogen-bond acceptors (Lipinski definition) is 1. The molecule has 0 bridgehead atoms. The highest BCUT2D eigenvalue weighted by atomic mass is 14.8. The third kappa shape index (κ3) is 3.54. The number of hydrogen-bond donors (Lipinski definition) is 1. The van der Waals surface area contributed by atoms with Crippen LogP contribution in [0.3, 0.4) is 0 Å². The van der Waals surface area contributed by atoms with Gasteiger partial charge in [-0.3, -0.25) is 0 Å². The Morgan fingerprint density at radius 2 is 1.57 bits per heavy atom. The Hall–Kier alpha value is -1.60. The maximum atomic E-state index is 3.27. The van der Waals surface area contributed by atoms with Crippen molar-refractivity contribution >= 4 is 0 Å². The van der Waals surface area contributed by atoms with Gasteiger partial charge in [0.05, 0.1) is 0 Å². The minimum Gasteiger partial charge on any atom is -0.316 e. The van der Waals surface area contributed by atoms with Gasteiger partial charge in [-0.1, -0.05) is 70.2 Å². The van der Waals surface area contributed by atoms with Gasteiger partial charge in [0.25, 0.3) is 0 Å². The zero-order chi connectivity index (χ0) is 15.4. The summed E-state index contributed by atoms with van der Waals surface area (Å²) >= 11 is 0. The Balaban J connectivity index is 2.58. The second-order valence-electron chi connectivity index (χ2n) is 6.34. The predicted octanol–water partition coefficient (Wildman–Crippen LogP) is 5.32. The van der Waals surface area contributed by atoms with Gasteiger partial charge >= 0.3 is 0 Å². The van der Waals surface area contributed by atoms with Crippen molar-refractivity contribution in [3.63, 3.8) is 0 Å². The molecule has 2 rings (SSSR count). The van der Waals surface area contributed by atoms with Gasteiger partial charge in [0.2, 0.25) is 0 Å². The Labute approximate surface area is 129 Å². The van der Waals surface area contributed by atoms with Crippen LogP contribution in [0.1, 0.15) is 56.2 Å². The smallest absolute Gasteiger partial charge is 0.0208 e. The van der Waals surface area contributed by atoms with Crippen molar-refractivity contribution in [2.75, 3.05) is 7.05 Å². The average Bonchev–Trinajstić information content (AvgIpc) is 2.47. The van der Waals surface area contributed by atoms with E-state index in [1.807, 2.05) is 7.05 Å². The van der Waals surface area contributed by atoms with Gasteiger partial charge in [-0.15, -0.1) is 0 Å². The predicted molar refractivity (Wildman–Crippen MR) is 92.8 cm³/mol. The molecule has 0 saturated heterocycles. The standard InChI is InChI=1S/C20H27N/c1-14(2)16-10-11-19(20(12-16)15(3)4)18-9-7-6-8-17(18)13-21-5/h6-12,14-15,21H,13H2,1-5H3. The summed E-state index contributed by atoms with van der Waals surface area (Å²) in [6.45, 7) is 9.98. The first-order chi connectivity index (χ1) is 10.0. The van der Waals surface area contributed by atoms with E-state index in [4.69, 9.17) is 0 Å². The van der Waals surface area contributed by atoms with E-state index in [0.29, 0.717) is 11.8 Å². The monoisotopic (exact) mass is 281 g/mol. The summed E-state index contributed by atoms with van der Waals surface area (Å²) < 4.78 is 0. The molecule has 1 heteroatoms. The van der Waals surface area contributed by atoms with Crippen LogP contribution in [0.4, 0.5) is 0 Å². The summed E-state index contributed by atoms with van der Waals surface area (Å²) in [4.78, 5) is 0. The molecule has 1 nitrogen and oxygen atoms in total. The topological polar surface area (TPSA) is 12.0 Å². The molecule has 0 spiro atoms. The molecule has 0 aliphatic rings. The first kappa shape index (κ1) is 15.8. The SMILES string of the molecule is CNCc1ccccc1-c1ccc(C(C)C)cc1C(C)C. The van der Waals surface area contributed by atoms with E-state index in [9.17, 15) is 0 Å². The maximum Gasteiger partial charge on any atom is 0.0208 e. The van der Waals surface area contributed by atoms with Crippen LogP contribution in [0.2, 0.25) is 0 Å². The van der Waals surface area contributed by atoms with E-state index in [2.05, 4.69) is 75.5 Å². The van der Waals surface area contributed by atoms with Crippen LogP contribution in [0.5, 0.6) is 0 Å². The third-order valence-electron chi connectivity index (χ3n) is 4.04. The second-order valence-corrected chi connectivity index (χ2v) is 6.34. The van der Waals surface area contributed by atoms with Crippen molar-refractivity contribution in [1.29, 1.82) is 0 Å². The van der Waals surface area contributed by atoms with Crippen molar-refractivity contribution in [3.8, 4) is 11.1 Å². The number of rotatable bonds is 5. The van der Waals surface area contributed by atoms with Crippen LogP contribution >= 0.6 is 0 Å². The van der Waals surface area contributed by atoms with Crippen molar-refractivity contribution in [2.45, 2.75) is 46.1 Å².